The second kappa shape index (κ2) is 69.2. The fourth-order valence-electron chi connectivity index (χ4n) is 7.77. The van der Waals surface area contributed by atoms with Crippen molar-refractivity contribution in [2.24, 2.45) is 5.73 Å². The molecular weight excluding hydrogens is 1100 g/mol. The van der Waals surface area contributed by atoms with E-state index in [1.807, 2.05) is 0 Å². The predicted molar refractivity (Wildman–Crippen MR) is 375 cm³/mol. The molecule has 0 saturated heterocycles. The predicted octanol–water partition coefficient (Wildman–Crippen LogP) is 21.8. The van der Waals surface area contributed by atoms with Crippen molar-refractivity contribution in [2.75, 3.05) is 26.4 Å². The molecule has 0 fully saturated rings. The van der Waals surface area contributed by atoms with E-state index in [4.69, 9.17) is 24.3 Å². The Balaban J connectivity index is 4.14. The minimum atomic E-state index is -4.43. The van der Waals surface area contributed by atoms with E-state index < -0.39 is 32.5 Å². The third kappa shape index (κ3) is 69.0. The van der Waals surface area contributed by atoms with Crippen LogP contribution in [0.3, 0.4) is 0 Å². The summed E-state index contributed by atoms with van der Waals surface area (Å²) in [6.45, 7) is 3.40. The van der Waals surface area contributed by atoms with Crippen LogP contribution in [0.2, 0.25) is 0 Å². The topological polar surface area (TPSA) is 134 Å². The fourth-order valence-corrected chi connectivity index (χ4v) is 8.54. The minimum absolute atomic E-state index is 0.0300. The van der Waals surface area contributed by atoms with Gasteiger partial charge in [-0.2, -0.15) is 0 Å². The summed E-state index contributed by atoms with van der Waals surface area (Å²) in [5.74, 6) is -0.924. The van der Waals surface area contributed by atoms with Gasteiger partial charge >= 0.3 is 19.8 Å². The van der Waals surface area contributed by atoms with Crippen molar-refractivity contribution in [1.82, 2.24) is 0 Å². The SMILES string of the molecule is CC/C=C\C/C=C\C/C=C\C/C=C\C/C=C\C/C=C\C/C=C\C/C=C\C/C=C\C/C=C\C/C=C\CCCCCCCC(=O)OC(COC(=O)CCCC/C=C\C/C=C\C/C=C\C/C=C\C/C=C\C/C=C\C/C=C\C/C=C\CC)COP(=O)(O)OCCN. The summed E-state index contributed by atoms with van der Waals surface area (Å²) in [5, 5.41) is 0. The third-order valence-electron chi connectivity index (χ3n) is 12.5. The molecule has 9 nitrogen and oxygen atoms in total. The van der Waals surface area contributed by atoms with Crippen LogP contribution >= 0.6 is 7.82 Å². The lowest BCUT2D eigenvalue weighted by Gasteiger charge is -2.19. The van der Waals surface area contributed by atoms with Crippen molar-refractivity contribution in [1.29, 1.82) is 0 Å². The molecule has 0 radical (unpaired) electrons. The third-order valence-corrected chi connectivity index (χ3v) is 13.5. The molecule has 10 heteroatoms. The Morgan fingerprint density at radius 1 is 0.345 bits per heavy atom. The van der Waals surface area contributed by atoms with Crippen molar-refractivity contribution < 1.29 is 37.6 Å². The van der Waals surface area contributed by atoms with Gasteiger partial charge in [0.25, 0.3) is 0 Å². The molecule has 0 heterocycles. The molecule has 0 aromatic rings. The quantitative estimate of drug-likeness (QED) is 0.0264. The summed E-state index contributed by atoms with van der Waals surface area (Å²) in [7, 11) is -4.43. The highest BCUT2D eigenvalue weighted by molar-refractivity contribution is 7.47. The van der Waals surface area contributed by atoms with E-state index in [0.717, 1.165) is 167 Å². The van der Waals surface area contributed by atoms with Gasteiger partial charge in [0.15, 0.2) is 6.10 Å². The van der Waals surface area contributed by atoms with E-state index in [-0.39, 0.29) is 32.6 Å². The molecule has 0 spiro atoms. The highest BCUT2D eigenvalue weighted by Crippen LogP contribution is 2.43. The maximum Gasteiger partial charge on any atom is 0.472 e. The Labute approximate surface area is 530 Å². The van der Waals surface area contributed by atoms with Crippen LogP contribution in [0.25, 0.3) is 0 Å². The van der Waals surface area contributed by atoms with Crippen molar-refractivity contribution in [3.05, 3.63) is 231 Å². The van der Waals surface area contributed by atoms with E-state index in [2.05, 4.69) is 245 Å². The maximum absolute atomic E-state index is 12.7. The smallest absolute Gasteiger partial charge is 0.462 e. The number of esters is 2. The molecule has 3 N–H and O–H groups in total. The molecule has 0 rings (SSSR count). The lowest BCUT2D eigenvalue weighted by molar-refractivity contribution is -0.161. The van der Waals surface area contributed by atoms with Crippen LogP contribution < -0.4 is 5.73 Å². The molecule has 87 heavy (non-hydrogen) atoms. The van der Waals surface area contributed by atoms with E-state index >= 15 is 0 Å². The zero-order valence-corrected chi connectivity index (χ0v) is 54.8. The van der Waals surface area contributed by atoms with Gasteiger partial charge in [-0.15, -0.1) is 0 Å². The van der Waals surface area contributed by atoms with Gasteiger partial charge in [0, 0.05) is 19.4 Å². The molecule has 482 valence electrons. The van der Waals surface area contributed by atoms with Crippen LogP contribution in [-0.2, 0) is 32.7 Å². The summed E-state index contributed by atoms with van der Waals surface area (Å²) in [6, 6.07) is 0. The zero-order valence-electron chi connectivity index (χ0n) is 53.9. The highest BCUT2D eigenvalue weighted by atomic mass is 31.2. The van der Waals surface area contributed by atoms with Gasteiger partial charge in [-0.25, -0.2) is 4.57 Å². The van der Waals surface area contributed by atoms with Crippen molar-refractivity contribution in [3.63, 3.8) is 0 Å². The number of allylic oxidation sites excluding steroid dienone is 38. The van der Waals surface area contributed by atoms with Gasteiger partial charge in [-0.05, 0) is 161 Å². The van der Waals surface area contributed by atoms with E-state index in [1.165, 1.54) is 0 Å². The van der Waals surface area contributed by atoms with E-state index in [9.17, 15) is 19.0 Å². The monoisotopic (exact) mass is 1210 g/mol. The molecule has 0 aliphatic rings. The van der Waals surface area contributed by atoms with Crippen LogP contribution in [0.4, 0.5) is 0 Å². The number of unbranched alkanes of at least 4 members (excludes halogenated alkanes) is 7. The first kappa shape index (κ1) is 81.1. The average Bonchev–Trinajstić information content (AvgIpc) is 3.64. The molecule has 0 aliphatic heterocycles. The molecule has 2 atom stereocenters. The van der Waals surface area contributed by atoms with Gasteiger partial charge < -0.3 is 20.1 Å². The minimum Gasteiger partial charge on any atom is -0.462 e. The lowest BCUT2D eigenvalue weighted by Crippen LogP contribution is -2.29. The first-order chi connectivity index (χ1) is 42.8. The summed E-state index contributed by atoms with van der Waals surface area (Å²) in [5.41, 5.74) is 5.39. The van der Waals surface area contributed by atoms with Crippen molar-refractivity contribution in [3.8, 4) is 0 Å². The number of phosphoric acid groups is 1. The van der Waals surface area contributed by atoms with Crippen molar-refractivity contribution >= 4 is 19.8 Å². The fraction of sp³-hybridized carbons (Fsp3) is 0.481. The number of hydrogen-bond acceptors (Lipinski definition) is 8. The average molecular weight is 1210 g/mol. The number of carbonyl (C=O) groups is 2. The van der Waals surface area contributed by atoms with Crippen LogP contribution in [0.15, 0.2) is 231 Å². The van der Waals surface area contributed by atoms with Gasteiger partial charge in [0.05, 0.1) is 13.2 Å². The zero-order chi connectivity index (χ0) is 63.0. The Morgan fingerprint density at radius 2 is 0.598 bits per heavy atom. The summed E-state index contributed by atoms with van der Waals surface area (Å²) >= 11 is 0. The second-order valence-electron chi connectivity index (χ2n) is 20.5. The number of hydrogen-bond donors (Lipinski definition) is 2. The largest absolute Gasteiger partial charge is 0.472 e. The first-order valence-corrected chi connectivity index (χ1v) is 34.4. The molecule has 0 saturated carbocycles. The number of ether oxygens (including phenoxy) is 2. The number of nitrogens with two attached hydrogens (primary N) is 1. The van der Waals surface area contributed by atoms with Crippen LogP contribution in [0, 0.1) is 0 Å². The van der Waals surface area contributed by atoms with Crippen LogP contribution in [0.5, 0.6) is 0 Å². The van der Waals surface area contributed by atoms with Crippen molar-refractivity contribution in [2.45, 2.75) is 213 Å². The summed E-state index contributed by atoms with van der Waals surface area (Å²) in [4.78, 5) is 35.3. The van der Waals surface area contributed by atoms with Gasteiger partial charge in [-0.3, -0.25) is 18.6 Å². The highest BCUT2D eigenvalue weighted by Gasteiger charge is 2.26. The number of rotatable bonds is 58. The number of carbonyl (C=O) groups excluding carboxylic acids is 2. The number of phosphoric ester groups is 1. The molecule has 2 unspecified atom stereocenters. The molecular formula is C77H116NO8P. The van der Waals surface area contributed by atoms with Gasteiger partial charge in [-0.1, -0.05) is 264 Å². The normalized spacial score (nSPS) is 14.5. The Morgan fingerprint density at radius 3 is 0.908 bits per heavy atom. The van der Waals surface area contributed by atoms with Crippen LogP contribution in [0.1, 0.15) is 206 Å². The standard InChI is InChI=1S/C77H116NO8P/c1-3-5-7-9-11-13-15-17-19-21-23-25-27-29-31-32-33-34-35-36-37-38-39-40-41-42-44-46-48-50-52-54-56-58-60-62-64-66-68-70-77(80)86-75(74-85-87(81,82)84-72-71-78)73-83-76(79)69-67-65-63-61-59-57-55-53-51-49-47-45-43-30-28-26-24-22-20-18-16-14-12-10-8-6-4-2/h5-8,11-14,17-20,23-26,29-31,33-34,36-37,39-40,42-44,47-50,53-56,59,61,75H,3-4,9-10,15-16,21-22,27-28,32,35,38,41,45-46,51-52,57-58,60,62-74,78H2,1-2H3,(H,81,82)/b7-5-,8-6-,13-11-,14-12-,19-17-,20-18-,25-23-,26-24-,31-29-,34-33-,37-36-,40-39-,43-30-,44-42-,49-47-,50-48-,55-53-,56-54-,61-59-. The van der Waals surface area contributed by atoms with E-state index in [1.54, 1.807) is 0 Å². The molecule has 0 aromatic carbocycles. The summed E-state index contributed by atoms with van der Waals surface area (Å²) < 4.78 is 33.0. The Bertz CT molecular complexity index is 2270. The molecule has 0 bridgehead atoms. The van der Waals surface area contributed by atoms with Gasteiger partial charge in [0.1, 0.15) is 6.61 Å². The van der Waals surface area contributed by atoms with E-state index in [0.29, 0.717) is 12.8 Å². The Kier molecular flexibility index (Phi) is 64.5. The molecule has 0 aromatic heterocycles. The second-order valence-corrected chi connectivity index (χ2v) is 22.0. The Hall–Kier alpha value is -5.93. The maximum atomic E-state index is 12.7. The summed E-state index contributed by atoms with van der Waals surface area (Å²) in [6.07, 6.45) is 110. The first-order valence-electron chi connectivity index (χ1n) is 32.9. The molecule has 0 amide bonds. The molecule has 0 aliphatic carbocycles. The van der Waals surface area contributed by atoms with Crippen LogP contribution in [-0.4, -0.2) is 49.3 Å². The van der Waals surface area contributed by atoms with Gasteiger partial charge in [0.2, 0.25) is 0 Å². The lowest BCUT2D eigenvalue weighted by atomic mass is 10.1.